The molecule has 0 saturated heterocycles. The minimum absolute atomic E-state index is 0.0799. The number of carbonyl (C=O) groups is 1. The van der Waals surface area contributed by atoms with Gasteiger partial charge in [-0.1, -0.05) is 0 Å². The van der Waals surface area contributed by atoms with Crippen LogP contribution in [0, 0.1) is 11.7 Å². The van der Waals surface area contributed by atoms with Crippen LogP contribution >= 0.6 is 10.7 Å². The van der Waals surface area contributed by atoms with Crippen LogP contribution < -0.4 is 5.32 Å². The van der Waals surface area contributed by atoms with Crippen molar-refractivity contribution < 1.29 is 17.6 Å². The number of hydrogen-bond donors (Lipinski definition) is 1. The van der Waals surface area contributed by atoms with Gasteiger partial charge >= 0.3 is 0 Å². The minimum atomic E-state index is -4.19. The fourth-order valence-electron chi connectivity index (χ4n) is 1.49. The van der Waals surface area contributed by atoms with Crippen molar-refractivity contribution in [3.8, 4) is 0 Å². The number of hydrogen-bond acceptors (Lipinski definition) is 3. The number of amides is 1. The number of halogens is 2. The molecule has 1 N–H and O–H groups in total. The number of nitrogens with one attached hydrogen (secondary N) is 1. The molecule has 1 saturated carbocycles. The molecule has 1 fully saturated rings. The number of benzene rings is 1. The van der Waals surface area contributed by atoms with Gasteiger partial charge in [-0.2, -0.15) is 0 Å². The third kappa shape index (κ3) is 3.20. The molecule has 0 aromatic heterocycles. The van der Waals surface area contributed by atoms with Gasteiger partial charge in [0.25, 0.3) is 15.0 Å². The maximum Gasteiger partial charge on any atom is 0.264 e. The second-order valence-electron chi connectivity index (χ2n) is 4.24. The fraction of sp³-hybridized carbons (Fsp3) is 0.364. The van der Waals surface area contributed by atoms with E-state index in [0.717, 1.165) is 25.0 Å². The van der Waals surface area contributed by atoms with Crippen LogP contribution in [-0.2, 0) is 9.05 Å². The van der Waals surface area contributed by atoms with Gasteiger partial charge in [-0.3, -0.25) is 4.79 Å². The van der Waals surface area contributed by atoms with Gasteiger partial charge in [0.2, 0.25) is 0 Å². The van der Waals surface area contributed by atoms with Crippen molar-refractivity contribution in [2.75, 3.05) is 6.54 Å². The Hall–Kier alpha value is -1.14. The topological polar surface area (TPSA) is 63.2 Å². The molecular formula is C11H11ClFNO3S. The van der Waals surface area contributed by atoms with E-state index < -0.39 is 25.7 Å². The van der Waals surface area contributed by atoms with E-state index in [1.165, 1.54) is 6.07 Å². The van der Waals surface area contributed by atoms with Gasteiger partial charge in [0.05, 0.1) is 0 Å². The molecule has 0 heterocycles. The highest BCUT2D eigenvalue weighted by atomic mass is 35.7. The first kappa shape index (κ1) is 13.3. The van der Waals surface area contributed by atoms with Crippen LogP contribution in [0.25, 0.3) is 0 Å². The van der Waals surface area contributed by atoms with Crippen molar-refractivity contribution in [1.82, 2.24) is 5.32 Å². The van der Waals surface area contributed by atoms with Crippen molar-refractivity contribution >= 4 is 25.6 Å². The van der Waals surface area contributed by atoms with Crippen LogP contribution in [-0.4, -0.2) is 20.9 Å². The van der Waals surface area contributed by atoms with E-state index in [2.05, 4.69) is 5.32 Å². The summed E-state index contributed by atoms with van der Waals surface area (Å²) in [5.74, 6) is -0.891. The Bertz CT molecular complexity index is 584. The smallest absolute Gasteiger partial charge is 0.264 e. The summed E-state index contributed by atoms with van der Waals surface area (Å²) < 4.78 is 35.5. The SMILES string of the molecule is O=C(NCC1CC1)c1ccc(F)c(S(=O)(=O)Cl)c1. The Labute approximate surface area is 109 Å². The predicted molar refractivity (Wildman–Crippen MR) is 64.5 cm³/mol. The van der Waals surface area contributed by atoms with E-state index in [4.69, 9.17) is 10.7 Å². The van der Waals surface area contributed by atoms with Gasteiger partial charge in [0.1, 0.15) is 10.7 Å². The monoisotopic (exact) mass is 291 g/mol. The lowest BCUT2D eigenvalue weighted by Crippen LogP contribution is -2.25. The fourth-order valence-corrected chi connectivity index (χ4v) is 2.42. The van der Waals surface area contributed by atoms with E-state index in [9.17, 15) is 17.6 Å². The first-order chi connectivity index (χ1) is 8.38. The zero-order valence-electron chi connectivity index (χ0n) is 9.32. The molecule has 1 aliphatic carbocycles. The molecule has 0 radical (unpaired) electrons. The summed E-state index contributed by atoms with van der Waals surface area (Å²) in [7, 11) is 0.887. The Balaban J connectivity index is 2.20. The Kier molecular flexibility index (Phi) is 3.59. The lowest BCUT2D eigenvalue weighted by atomic mass is 10.2. The van der Waals surface area contributed by atoms with Crippen LogP contribution in [0.4, 0.5) is 4.39 Å². The molecule has 1 aliphatic rings. The average Bonchev–Trinajstić information content (AvgIpc) is 3.08. The molecular weight excluding hydrogens is 281 g/mol. The van der Waals surface area contributed by atoms with Gasteiger partial charge in [-0.15, -0.1) is 0 Å². The van der Waals surface area contributed by atoms with E-state index >= 15 is 0 Å². The summed E-state index contributed by atoms with van der Waals surface area (Å²) in [6.07, 6.45) is 2.18. The third-order valence-electron chi connectivity index (χ3n) is 2.70. The molecule has 4 nitrogen and oxygen atoms in total. The highest BCUT2D eigenvalue weighted by Crippen LogP contribution is 2.27. The largest absolute Gasteiger partial charge is 0.352 e. The Morgan fingerprint density at radius 2 is 2.11 bits per heavy atom. The van der Waals surface area contributed by atoms with E-state index in [-0.39, 0.29) is 5.56 Å². The maximum atomic E-state index is 13.3. The van der Waals surface area contributed by atoms with Crippen LogP contribution in [0.15, 0.2) is 23.1 Å². The van der Waals surface area contributed by atoms with E-state index in [0.29, 0.717) is 12.5 Å². The lowest BCUT2D eigenvalue weighted by molar-refractivity contribution is 0.0951. The summed E-state index contributed by atoms with van der Waals surface area (Å²) in [6.45, 7) is 0.555. The molecule has 0 spiro atoms. The van der Waals surface area contributed by atoms with Crippen molar-refractivity contribution in [3.05, 3.63) is 29.6 Å². The van der Waals surface area contributed by atoms with Gasteiger partial charge in [-0.05, 0) is 37.0 Å². The summed E-state index contributed by atoms with van der Waals surface area (Å²) in [5.41, 5.74) is 0.0799. The molecule has 1 aromatic rings. The molecule has 1 amide bonds. The molecule has 98 valence electrons. The van der Waals surface area contributed by atoms with Crippen molar-refractivity contribution in [2.45, 2.75) is 17.7 Å². The molecule has 2 rings (SSSR count). The Morgan fingerprint density at radius 1 is 1.44 bits per heavy atom. The van der Waals surface area contributed by atoms with Crippen LogP contribution in [0.3, 0.4) is 0 Å². The zero-order chi connectivity index (χ0) is 13.3. The summed E-state index contributed by atoms with van der Waals surface area (Å²) >= 11 is 0. The maximum absolute atomic E-state index is 13.3. The summed E-state index contributed by atoms with van der Waals surface area (Å²) in [5, 5.41) is 2.66. The average molecular weight is 292 g/mol. The standard InChI is InChI=1S/C11H11ClFNO3S/c12-18(16,17)10-5-8(3-4-9(10)13)11(15)14-6-7-1-2-7/h3-5,7H,1-2,6H2,(H,14,15). The second kappa shape index (κ2) is 4.85. The summed E-state index contributed by atoms with van der Waals surface area (Å²) in [4.78, 5) is 11.0. The molecule has 0 unspecified atom stereocenters. The molecule has 0 aliphatic heterocycles. The lowest BCUT2D eigenvalue weighted by Gasteiger charge is -2.05. The number of rotatable bonds is 4. The van der Waals surface area contributed by atoms with Crippen LogP contribution in [0.1, 0.15) is 23.2 Å². The Morgan fingerprint density at radius 3 is 2.67 bits per heavy atom. The van der Waals surface area contributed by atoms with Crippen LogP contribution in [0.5, 0.6) is 0 Å². The number of carbonyl (C=O) groups excluding carboxylic acids is 1. The van der Waals surface area contributed by atoms with Gasteiger partial charge in [0.15, 0.2) is 0 Å². The predicted octanol–water partition coefficient (Wildman–Crippen LogP) is 1.89. The van der Waals surface area contributed by atoms with Crippen molar-refractivity contribution in [2.24, 2.45) is 5.92 Å². The first-order valence-corrected chi connectivity index (χ1v) is 7.71. The second-order valence-corrected chi connectivity index (χ2v) is 6.77. The van der Waals surface area contributed by atoms with Crippen molar-refractivity contribution in [1.29, 1.82) is 0 Å². The molecule has 0 bridgehead atoms. The van der Waals surface area contributed by atoms with E-state index in [1.807, 2.05) is 0 Å². The third-order valence-corrected chi connectivity index (χ3v) is 4.04. The normalized spacial score (nSPS) is 15.4. The minimum Gasteiger partial charge on any atom is -0.352 e. The zero-order valence-corrected chi connectivity index (χ0v) is 10.9. The van der Waals surface area contributed by atoms with Gasteiger partial charge < -0.3 is 5.32 Å². The first-order valence-electron chi connectivity index (χ1n) is 5.40. The molecule has 1 aromatic carbocycles. The quantitative estimate of drug-likeness (QED) is 0.862. The van der Waals surface area contributed by atoms with Gasteiger partial charge in [-0.25, -0.2) is 12.8 Å². The van der Waals surface area contributed by atoms with E-state index in [1.54, 1.807) is 0 Å². The highest BCUT2D eigenvalue weighted by molar-refractivity contribution is 8.13. The van der Waals surface area contributed by atoms with Crippen LogP contribution in [0.2, 0.25) is 0 Å². The van der Waals surface area contributed by atoms with Crippen molar-refractivity contribution in [3.63, 3.8) is 0 Å². The highest BCUT2D eigenvalue weighted by Gasteiger charge is 2.23. The molecule has 7 heteroatoms. The molecule has 0 atom stereocenters. The molecule has 18 heavy (non-hydrogen) atoms. The van der Waals surface area contributed by atoms with Gasteiger partial charge in [0, 0.05) is 22.8 Å². The summed E-state index contributed by atoms with van der Waals surface area (Å²) in [6, 6.07) is 3.09.